The minimum absolute atomic E-state index is 0.864. The van der Waals surface area contributed by atoms with Gasteiger partial charge in [0.05, 0.1) is 0 Å². The third kappa shape index (κ3) is 0.759. The average Bonchev–Trinajstić information content (AvgIpc) is 2.43. The topological polar surface area (TPSA) is 93.1 Å². The van der Waals surface area contributed by atoms with Crippen LogP contribution in [0, 0.1) is 0 Å². The SMILES string of the molecule is O=C1O[C@H]2[C@H](OC(=O)[C@H]2O)[C@@H]1O. The van der Waals surface area contributed by atoms with E-state index in [0.717, 1.165) is 0 Å². The van der Waals surface area contributed by atoms with Gasteiger partial charge >= 0.3 is 11.9 Å². The van der Waals surface area contributed by atoms with E-state index in [2.05, 4.69) is 9.47 Å². The number of hydrogen-bond donors (Lipinski definition) is 2. The van der Waals surface area contributed by atoms with Crippen molar-refractivity contribution in [3.8, 4) is 0 Å². The van der Waals surface area contributed by atoms with Crippen molar-refractivity contribution in [1.29, 1.82) is 0 Å². The number of aliphatic hydroxyl groups is 2. The Kier molecular flexibility index (Phi) is 1.36. The highest BCUT2D eigenvalue weighted by Gasteiger charge is 2.57. The zero-order valence-electron chi connectivity index (χ0n) is 5.84. The fourth-order valence-corrected chi connectivity index (χ4v) is 1.30. The number of hydrogen-bond acceptors (Lipinski definition) is 6. The Bertz CT molecular complexity index is 222. The molecule has 4 atom stereocenters. The summed E-state index contributed by atoms with van der Waals surface area (Å²) in [4.78, 5) is 21.3. The Hall–Kier alpha value is -1.14. The molecule has 0 bridgehead atoms. The highest BCUT2D eigenvalue weighted by Crippen LogP contribution is 2.28. The molecule has 2 heterocycles. The van der Waals surface area contributed by atoms with Crippen molar-refractivity contribution in [3.63, 3.8) is 0 Å². The lowest BCUT2D eigenvalue weighted by Crippen LogP contribution is -2.31. The van der Waals surface area contributed by atoms with Crippen molar-refractivity contribution in [1.82, 2.24) is 0 Å². The van der Waals surface area contributed by atoms with Crippen LogP contribution >= 0.6 is 0 Å². The Labute approximate surface area is 66.7 Å². The average molecular weight is 174 g/mol. The summed E-state index contributed by atoms with van der Waals surface area (Å²) < 4.78 is 8.99. The normalized spacial score (nSPS) is 45.5. The summed E-state index contributed by atoms with van der Waals surface area (Å²) in [5.74, 6) is -1.73. The summed E-state index contributed by atoms with van der Waals surface area (Å²) in [6.45, 7) is 0. The van der Waals surface area contributed by atoms with Crippen LogP contribution in [0.3, 0.4) is 0 Å². The van der Waals surface area contributed by atoms with Crippen LogP contribution in [-0.4, -0.2) is 46.6 Å². The van der Waals surface area contributed by atoms with Gasteiger partial charge < -0.3 is 19.7 Å². The van der Waals surface area contributed by atoms with Crippen LogP contribution in [0.2, 0.25) is 0 Å². The van der Waals surface area contributed by atoms with Gasteiger partial charge in [0, 0.05) is 0 Å². The van der Waals surface area contributed by atoms with Gasteiger partial charge in [-0.3, -0.25) is 0 Å². The number of carbonyl (C=O) groups excluding carboxylic acids is 2. The molecule has 0 saturated carbocycles. The molecule has 2 aliphatic rings. The molecule has 6 nitrogen and oxygen atoms in total. The quantitative estimate of drug-likeness (QED) is 0.396. The number of rotatable bonds is 0. The molecule has 6 heteroatoms. The van der Waals surface area contributed by atoms with E-state index >= 15 is 0 Å². The van der Waals surface area contributed by atoms with Gasteiger partial charge in [-0.25, -0.2) is 9.59 Å². The predicted molar refractivity (Wildman–Crippen MR) is 31.8 cm³/mol. The monoisotopic (exact) mass is 174 g/mol. The van der Waals surface area contributed by atoms with E-state index in [1.807, 2.05) is 0 Å². The maximum atomic E-state index is 10.7. The summed E-state index contributed by atoms with van der Waals surface area (Å²) in [7, 11) is 0. The van der Waals surface area contributed by atoms with Crippen LogP contribution in [0.5, 0.6) is 0 Å². The Balaban J connectivity index is 2.24. The van der Waals surface area contributed by atoms with Crippen molar-refractivity contribution < 1.29 is 29.3 Å². The van der Waals surface area contributed by atoms with Gasteiger partial charge in [0.1, 0.15) is 0 Å². The predicted octanol–water partition coefficient (Wildman–Crippen LogP) is -2.44. The van der Waals surface area contributed by atoms with E-state index in [4.69, 9.17) is 10.2 Å². The number of fused-ring (bicyclic) bond motifs is 1. The highest BCUT2D eigenvalue weighted by atomic mass is 16.7. The molecule has 0 aromatic rings. The molecule has 0 spiro atoms. The molecule has 66 valence electrons. The molecule has 0 aromatic heterocycles. The third-order valence-corrected chi connectivity index (χ3v) is 1.93. The van der Waals surface area contributed by atoms with Crippen molar-refractivity contribution in [2.75, 3.05) is 0 Å². The van der Waals surface area contributed by atoms with Crippen LogP contribution in [0.25, 0.3) is 0 Å². The van der Waals surface area contributed by atoms with Crippen molar-refractivity contribution in [2.24, 2.45) is 0 Å². The Morgan fingerprint density at radius 3 is 1.58 bits per heavy atom. The molecule has 2 saturated heterocycles. The lowest BCUT2D eigenvalue weighted by atomic mass is 10.1. The summed E-state index contributed by atoms with van der Waals surface area (Å²) in [6.07, 6.45) is -5.01. The molecule has 0 aromatic carbocycles. The van der Waals surface area contributed by atoms with E-state index in [1.54, 1.807) is 0 Å². The smallest absolute Gasteiger partial charge is 0.339 e. The number of ether oxygens (including phenoxy) is 2. The van der Waals surface area contributed by atoms with Gasteiger partial charge in [0.25, 0.3) is 0 Å². The number of carbonyl (C=O) groups is 2. The van der Waals surface area contributed by atoms with Gasteiger partial charge in [-0.05, 0) is 0 Å². The summed E-state index contributed by atoms with van der Waals surface area (Å²) in [6, 6.07) is 0. The van der Waals surface area contributed by atoms with Crippen molar-refractivity contribution in [3.05, 3.63) is 0 Å². The minimum Gasteiger partial charge on any atom is -0.453 e. The summed E-state index contributed by atoms with van der Waals surface area (Å²) >= 11 is 0. The van der Waals surface area contributed by atoms with E-state index < -0.39 is 36.4 Å². The highest BCUT2D eigenvalue weighted by molar-refractivity contribution is 5.85. The van der Waals surface area contributed by atoms with Gasteiger partial charge in [-0.15, -0.1) is 0 Å². The van der Waals surface area contributed by atoms with Crippen LogP contribution in [-0.2, 0) is 19.1 Å². The van der Waals surface area contributed by atoms with Crippen LogP contribution in [0.4, 0.5) is 0 Å². The van der Waals surface area contributed by atoms with Crippen LogP contribution in [0.15, 0.2) is 0 Å². The lowest BCUT2D eigenvalue weighted by molar-refractivity contribution is -0.159. The molecule has 2 fully saturated rings. The molecule has 2 rings (SSSR count). The van der Waals surface area contributed by atoms with Gasteiger partial charge in [0.15, 0.2) is 24.4 Å². The molecular formula is C6H6O6. The van der Waals surface area contributed by atoms with Crippen LogP contribution < -0.4 is 0 Å². The minimum atomic E-state index is -1.46. The molecule has 2 aliphatic heterocycles. The first-order valence-corrected chi connectivity index (χ1v) is 3.38. The molecular weight excluding hydrogens is 168 g/mol. The maximum absolute atomic E-state index is 10.7. The summed E-state index contributed by atoms with van der Waals surface area (Å²) in [5, 5.41) is 18.1. The van der Waals surface area contributed by atoms with E-state index in [0.29, 0.717) is 0 Å². The first-order valence-electron chi connectivity index (χ1n) is 3.38. The lowest BCUT2D eigenvalue weighted by Gasteiger charge is -2.05. The number of esters is 2. The second kappa shape index (κ2) is 2.18. The Morgan fingerprint density at radius 2 is 1.25 bits per heavy atom. The van der Waals surface area contributed by atoms with E-state index in [9.17, 15) is 9.59 Å². The molecule has 12 heavy (non-hydrogen) atoms. The zero-order chi connectivity index (χ0) is 8.88. The van der Waals surface area contributed by atoms with Gasteiger partial charge in [-0.1, -0.05) is 0 Å². The standard InChI is InChI=1S/C6H6O6/c7-1-3-4(12-5(1)9)2(8)6(10)11-3/h1-4,7-8H/t1-,2-,3+,4+/m0/s1. The molecule has 0 radical (unpaired) electrons. The fraction of sp³-hybridized carbons (Fsp3) is 0.667. The Morgan fingerprint density at radius 1 is 0.917 bits per heavy atom. The summed E-state index contributed by atoms with van der Waals surface area (Å²) in [5.41, 5.74) is 0. The first kappa shape index (κ1) is 7.51. The first-order chi connectivity index (χ1) is 5.61. The fourth-order valence-electron chi connectivity index (χ4n) is 1.30. The van der Waals surface area contributed by atoms with Crippen molar-refractivity contribution >= 4 is 11.9 Å². The molecule has 0 amide bonds. The van der Waals surface area contributed by atoms with Crippen LogP contribution in [0.1, 0.15) is 0 Å². The second-order valence-electron chi connectivity index (χ2n) is 2.69. The molecule has 0 aliphatic carbocycles. The zero-order valence-corrected chi connectivity index (χ0v) is 5.84. The molecule has 2 N–H and O–H groups in total. The van der Waals surface area contributed by atoms with Crippen molar-refractivity contribution in [2.45, 2.75) is 24.4 Å². The van der Waals surface area contributed by atoms with E-state index in [1.165, 1.54) is 0 Å². The number of aliphatic hydroxyl groups excluding tert-OH is 2. The second-order valence-corrected chi connectivity index (χ2v) is 2.69. The van der Waals surface area contributed by atoms with Gasteiger partial charge in [-0.2, -0.15) is 0 Å². The third-order valence-electron chi connectivity index (χ3n) is 1.93. The molecule has 0 unspecified atom stereocenters. The van der Waals surface area contributed by atoms with E-state index in [-0.39, 0.29) is 0 Å². The largest absolute Gasteiger partial charge is 0.453 e. The van der Waals surface area contributed by atoms with Gasteiger partial charge in [0.2, 0.25) is 0 Å². The maximum Gasteiger partial charge on any atom is 0.339 e.